The van der Waals surface area contributed by atoms with Gasteiger partial charge in [-0.15, -0.1) is 11.3 Å². The molecule has 2 unspecified atom stereocenters. The molecule has 0 amide bonds. The minimum atomic E-state index is -0.869. The zero-order valence-electron chi connectivity index (χ0n) is 7.31. The Morgan fingerprint density at radius 3 is 3.00 bits per heavy atom. The number of rotatable bonds is 4. The predicted octanol–water partition coefficient (Wildman–Crippen LogP) is 1.59. The summed E-state index contributed by atoms with van der Waals surface area (Å²) in [6, 6.07) is 3.99. The van der Waals surface area contributed by atoms with Gasteiger partial charge in [-0.25, -0.2) is 0 Å². The van der Waals surface area contributed by atoms with E-state index in [1.165, 1.54) is 12.8 Å². The van der Waals surface area contributed by atoms with Crippen LogP contribution in [0.3, 0.4) is 0 Å². The third-order valence-corrected chi connectivity index (χ3v) is 5.07. The monoisotopic (exact) mass is 215 g/mol. The molecule has 0 radical (unpaired) electrons. The maximum Gasteiger partial charge on any atom is 0.0911 e. The van der Waals surface area contributed by atoms with Crippen LogP contribution >= 0.6 is 11.3 Å². The number of nitrogens with two attached hydrogens (primary N) is 1. The zero-order chi connectivity index (χ0) is 9.26. The van der Waals surface area contributed by atoms with Gasteiger partial charge in [0.2, 0.25) is 0 Å². The van der Waals surface area contributed by atoms with E-state index in [1.54, 1.807) is 11.3 Å². The van der Waals surface area contributed by atoms with E-state index in [-0.39, 0.29) is 6.04 Å². The van der Waals surface area contributed by atoms with Crippen molar-refractivity contribution >= 4 is 22.1 Å². The first-order chi connectivity index (χ1) is 6.27. The standard InChI is InChI=1S/C9H13NOS2/c10-8(7-3-4-7)6-13(11)9-2-1-5-12-9/h1-2,5,7-8H,3-4,6,10H2. The fourth-order valence-corrected chi connectivity index (χ4v) is 3.58. The normalized spacial score (nSPS) is 21.3. The summed E-state index contributed by atoms with van der Waals surface area (Å²) in [7, 11) is -0.869. The van der Waals surface area contributed by atoms with Gasteiger partial charge >= 0.3 is 0 Å². The highest BCUT2D eigenvalue weighted by Gasteiger charge is 2.29. The van der Waals surface area contributed by atoms with Crippen molar-refractivity contribution in [1.82, 2.24) is 0 Å². The van der Waals surface area contributed by atoms with E-state index in [0.29, 0.717) is 11.7 Å². The van der Waals surface area contributed by atoms with Gasteiger partial charge in [-0.1, -0.05) is 6.07 Å². The summed E-state index contributed by atoms with van der Waals surface area (Å²) in [6.45, 7) is 0. The number of hydrogen-bond donors (Lipinski definition) is 1. The van der Waals surface area contributed by atoms with Crippen LogP contribution in [0.15, 0.2) is 21.7 Å². The molecule has 0 saturated heterocycles. The molecule has 4 heteroatoms. The Balaban J connectivity index is 1.91. The molecule has 1 aromatic heterocycles. The number of hydrogen-bond acceptors (Lipinski definition) is 3. The topological polar surface area (TPSA) is 43.1 Å². The molecule has 0 spiro atoms. The molecule has 1 saturated carbocycles. The van der Waals surface area contributed by atoms with Crippen LogP contribution < -0.4 is 5.73 Å². The van der Waals surface area contributed by atoms with Gasteiger partial charge in [-0.2, -0.15) is 0 Å². The molecule has 1 aliphatic carbocycles. The molecule has 1 aromatic rings. The highest BCUT2D eigenvalue weighted by Crippen LogP contribution is 2.32. The molecule has 1 heterocycles. The Kier molecular flexibility index (Phi) is 2.81. The van der Waals surface area contributed by atoms with E-state index in [1.807, 2.05) is 17.5 Å². The Morgan fingerprint density at radius 1 is 1.69 bits per heavy atom. The van der Waals surface area contributed by atoms with E-state index in [2.05, 4.69) is 0 Å². The maximum atomic E-state index is 11.7. The summed E-state index contributed by atoms with van der Waals surface area (Å²) in [4.78, 5) is 0. The van der Waals surface area contributed by atoms with Crippen molar-refractivity contribution < 1.29 is 4.21 Å². The van der Waals surface area contributed by atoms with Gasteiger partial charge in [-0.3, -0.25) is 4.21 Å². The van der Waals surface area contributed by atoms with Crippen LogP contribution in [-0.4, -0.2) is 16.0 Å². The van der Waals surface area contributed by atoms with E-state index in [4.69, 9.17) is 5.73 Å². The van der Waals surface area contributed by atoms with Gasteiger partial charge < -0.3 is 5.73 Å². The van der Waals surface area contributed by atoms with Crippen LogP contribution in [0.25, 0.3) is 0 Å². The first kappa shape index (κ1) is 9.37. The van der Waals surface area contributed by atoms with Gasteiger partial charge in [0.1, 0.15) is 0 Å². The molecule has 72 valence electrons. The summed E-state index contributed by atoms with van der Waals surface area (Å²) in [6.07, 6.45) is 2.45. The van der Waals surface area contributed by atoms with Gasteiger partial charge in [0, 0.05) is 11.8 Å². The second kappa shape index (κ2) is 3.90. The largest absolute Gasteiger partial charge is 0.327 e. The van der Waals surface area contributed by atoms with Crippen LogP contribution in [-0.2, 0) is 10.8 Å². The fourth-order valence-electron chi connectivity index (χ4n) is 1.31. The van der Waals surface area contributed by atoms with E-state index in [9.17, 15) is 4.21 Å². The molecular formula is C9H13NOS2. The quantitative estimate of drug-likeness (QED) is 0.829. The Bertz CT molecular complexity index is 293. The summed E-state index contributed by atoms with van der Waals surface area (Å²) in [5.41, 5.74) is 5.90. The Morgan fingerprint density at radius 2 is 2.46 bits per heavy atom. The average molecular weight is 215 g/mol. The summed E-state index contributed by atoms with van der Waals surface area (Å²) in [5, 5.41) is 1.95. The predicted molar refractivity (Wildman–Crippen MR) is 56.3 cm³/mol. The van der Waals surface area contributed by atoms with Crippen LogP contribution in [0.1, 0.15) is 12.8 Å². The molecule has 1 fully saturated rings. The van der Waals surface area contributed by atoms with Crippen molar-refractivity contribution in [2.45, 2.75) is 23.1 Å². The van der Waals surface area contributed by atoms with Crippen molar-refractivity contribution in [2.75, 3.05) is 5.75 Å². The van der Waals surface area contributed by atoms with Crippen molar-refractivity contribution in [2.24, 2.45) is 11.7 Å². The maximum absolute atomic E-state index is 11.7. The molecule has 0 bridgehead atoms. The van der Waals surface area contributed by atoms with Crippen molar-refractivity contribution in [3.63, 3.8) is 0 Å². The molecule has 2 atom stereocenters. The third kappa shape index (κ3) is 2.39. The third-order valence-electron chi connectivity index (χ3n) is 2.29. The van der Waals surface area contributed by atoms with Gasteiger partial charge in [0.25, 0.3) is 0 Å². The zero-order valence-corrected chi connectivity index (χ0v) is 8.94. The van der Waals surface area contributed by atoms with Gasteiger partial charge in [-0.05, 0) is 30.2 Å². The van der Waals surface area contributed by atoms with Crippen molar-refractivity contribution in [1.29, 1.82) is 0 Å². The number of thiophene rings is 1. The molecule has 13 heavy (non-hydrogen) atoms. The smallest absolute Gasteiger partial charge is 0.0911 e. The minimum absolute atomic E-state index is 0.142. The lowest BCUT2D eigenvalue weighted by Crippen LogP contribution is -2.28. The first-order valence-corrected chi connectivity index (χ1v) is 6.64. The van der Waals surface area contributed by atoms with Crippen LogP contribution in [0.4, 0.5) is 0 Å². The van der Waals surface area contributed by atoms with Crippen LogP contribution in [0.5, 0.6) is 0 Å². The summed E-state index contributed by atoms with van der Waals surface area (Å²) >= 11 is 1.55. The lowest BCUT2D eigenvalue weighted by Gasteiger charge is -2.07. The second-order valence-electron chi connectivity index (χ2n) is 3.45. The lowest BCUT2D eigenvalue weighted by molar-refractivity contribution is 0.635. The molecular weight excluding hydrogens is 202 g/mol. The van der Waals surface area contributed by atoms with Crippen molar-refractivity contribution in [3.05, 3.63) is 17.5 Å². The molecule has 2 nitrogen and oxygen atoms in total. The molecule has 1 aliphatic rings. The fraction of sp³-hybridized carbons (Fsp3) is 0.556. The van der Waals surface area contributed by atoms with E-state index < -0.39 is 10.8 Å². The highest BCUT2D eigenvalue weighted by atomic mass is 32.2. The molecule has 2 N–H and O–H groups in total. The molecule has 0 aromatic carbocycles. The second-order valence-corrected chi connectivity index (χ2v) is 6.12. The summed E-state index contributed by atoms with van der Waals surface area (Å²) in [5.74, 6) is 1.27. The van der Waals surface area contributed by atoms with Crippen molar-refractivity contribution in [3.8, 4) is 0 Å². The molecule has 2 rings (SSSR count). The van der Waals surface area contributed by atoms with Gasteiger partial charge in [0.05, 0.1) is 15.0 Å². The lowest BCUT2D eigenvalue weighted by atomic mass is 10.2. The van der Waals surface area contributed by atoms with Crippen LogP contribution in [0.2, 0.25) is 0 Å². The average Bonchev–Trinajstić information content (AvgIpc) is 2.81. The van der Waals surface area contributed by atoms with E-state index in [0.717, 1.165) is 4.21 Å². The highest BCUT2D eigenvalue weighted by molar-refractivity contribution is 7.87. The SMILES string of the molecule is NC(CS(=O)c1cccs1)C1CC1. The summed E-state index contributed by atoms with van der Waals surface area (Å²) < 4.78 is 12.6. The minimum Gasteiger partial charge on any atom is -0.327 e. The van der Waals surface area contributed by atoms with Gasteiger partial charge in [0.15, 0.2) is 0 Å². The first-order valence-electron chi connectivity index (χ1n) is 4.45. The van der Waals surface area contributed by atoms with Crippen LogP contribution in [0, 0.1) is 5.92 Å². The molecule has 0 aliphatic heterocycles. The van der Waals surface area contributed by atoms with E-state index >= 15 is 0 Å². The Labute approximate surface area is 84.6 Å². The Hall–Kier alpha value is -0.190.